The zero-order chi connectivity index (χ0) is 19.7. The number of nitrogens with one attached hydrogen (secondary N) is 2. The van der Waals surface area contributed by atoms with Crippen molar-refractivity contribution < 1.29 is 14.4 Å². The standard InChI is InChI=1S/C20H20ClN3O3S/c21-16-5-4-15(28-16)18(25)23-14-3-1-2-13-17(14)20(27)24(19(13)26)11-8-12-6-9-22-10-7-12/h1-5,12,22H,6-11H2,(H,23,25). The Balaban J connectivity index is 1.51. The summed E-state index contributed by atoms with van der Waals surface area (Å²) in [4.78, 5) is 39.9. The molecule has 28 heavy (non-hydrogen) atoms. The molecule has 1 aromatic carbocycles. The van der Waals surface area contributed by atoms with Crippen LogP contribution in [0.25, 0.3) is 0 Å². The molecule has 0 radical (unpaired) electrons. The summed E-state index contributed by atoms with van der Waals surface area (Å²) in [5.41, 5.74) is 0.973. The van der Waals surface area contributed by atoms with Crippen molar-refractivity contribution in [1.29, 1.82) is 0 Å². The predicted octanol–water partition coefficient (Wildman–Crippen LogP) is 3.64. The Morgan fingerprint density at radius 3 is 2.68 bits per heavy atom. The minimum absolute atomic E-state index is 0.272. The number of piperidine rings is 1. The largest absolute Gasteiger partial charge is 0.321 e. The molecule has 1 saturated heterocycles. The van der Waals surface area contributed by atoms with E-state index in [1.54, 1.807) is 30.3 Å². The molecule has 0 aliphatic carbocycles. The summed E-state index contributed by atoms with van der Waals surface area (Å²) in [5, 5.41) is 6.07. The van der Waals surface area contributed by atoms with Crippen molar-refractivity contribution in [3.63, 3.8) is 0 Å². The van der Waals surface area contributed by atoms with E-state index in [4.69, 9.17) is 11.6 Å². The van der Waals surface area contributed by atoms with Crippen LogP contribution in [0.2, 0.25) is 4.34 Å². The first kappa shape index (κ1) is 19.1. The maximum Gasteiger partial charge on any atom is 0.265 e. The summed E-state index contributed by atoms with van der Waals surface area (Å²) in [6, 6.07) is 8.24. The third-order valence-corrected chi connectivity index (χ3v) is 6.49. The van der Waals surface area contributed by atoms with Crippen LogP contribution in [0.3, 0.4) is 0 Å². The van der Waals surface area contributed by atoms with E-state index in [1.807, 2.05) is 0 Å². The highest BCUT2D eigenvalue weighted by molar-refractivity contribution is 7.18. The van der Waals surface area contributed by atoms with Gasteiger partial charge >= 0.3 is 0 Å². The Labute approximate surface area is 171 Å². The molecule has 146 valence electrons. The number of rotatable bonds is 5. The van der Waals surface area contributed by atoms with E-state index in [1.165, 1.54) is 4.90 Å². The lowest BCUT2D eigenvalue weighted by molar-refractivity contribution is 0.0643. The Kier molecular flexibility index (Phi) is 5.48. The van der Waals surface area contributed by atoms with Gasteiger partial charge < -0.3 is 10.6 Å². The molecule has 2 aromatic rings. The molecule has 2 aliphatic rings. The molecule has 1 fully saturated rings. The van der Waals surface area contributed by atoms with Crippen LogP contribution in [-0.2, 0) is 0 Å². The van der Waals surface area contributed by atoms with Crippen molar-refractivity contribution in [2.24, 2.45) is 5.92 Å². The van der Waals surface area contributed by atoms with Gasteiger partial charge in [-0.25, -0.2) is 0 Å². The number of imide groups is 1. The highest BCUT2D eigenvalue weighted by Crippen LogP contribution is 2.31. The zero-order valence-electron chi connectivity index (χ0n) is 15.2. The van der Waals surface area contributed by atoms with Gasteiger partial charge in [-0.15, -0.1) is 11.3 Å². The monoisotopic (exact) mass is 417 g/mol. The smallest absolute Gasteiger partial charge is 0.265 e. The summed E-state index contributed by atoms with van der Waals surface area (Å²) in [7, 11) is 0. The maximum absolute atomic E-state index is 12.9. The fourth-order valence-electron chi connectivity index (χ4n) is 3.74. The van der Waals surface area contributed by atoms with E-state index in [9.17, 15) is 14.4 Å². The van der Waals surface area contributed by atoms with Gasteiger partial charge in [-0.1, -0.05) is 17.7 Å². The topological polar surface area (TPSA) is 78.5 Å². The molecule has 0 spiro atoms. The lowest BCUT2D eigenvalue weighted by atomic mass is 9.94. The summed E-state index contributed by atoms with van der Waals surface area (Å²) in [6.07, 6.45) is 2.93. The number of nitrogens with zero attached hydrogens (tertiary/aromatic N) is 1. The van der Waals surface area contributed by atoms with Crippen LogP contribution in [0.5, 0.6) is 0 Å². The molecule has 0 saturated carbocycles. The Morgan fingerprint density at radius 1 is 1.18 bits per heavy atom. The van der Waals surface area contributed by atoms with Crippen LogP contribution in [0.1, 0.15) is 49.7 Å². The molecule has 0 bridgehead atoms. The van der Waals surface area contributed by atoms with Crippen molar-refractivity contribution >= 4 is 46.3 Å². The highest BCUT2D eigenvalue weighted by Gasteiger charge is 2.37. The summed E-state index contributed by atoms with van der Waals surface area (Å²) in [6.45, 7) is 2.37. The number of thiophene rings is 1. The second kappa shape index (κ2) is 8.03. The molecule has 0 unspecified atom stereocenters. The minimum Gasteiger partial charge on any atom is -0.321 e. The number of carbonyl (C=O) groups is 3. The SMILES string of the molecule is O=C(Nc1cccc2c1C(=O)N(CCC1CCNCC1)C2=O)c1ccc(Cl)s1. The number of anilines is 1. The van der Waals surface area contributed by atoms with Crippen molar-refractivity contribution in [1.82, 2.24) is 10.2 Å². The molecule has 3 amide bonds. The van der Waals surface area contributed by atoms with Gasteiger partial charge in [-0.05, 0) is 62.5 Å². The van der Waals surface area contributed by atoms with E-state index >= 15 is 0 Å². The van der Waals surface area contributed by atoms with E-state index in [0.29, 0.717) is 32.9 Å². The van der Waals surface area contributed by atoms with Gasteiger partial charge in [-0.2, -0.15) is 0 Å². The molecule has 2 aliphatic heterocycles. The number of carbonyl (C=O) groups excluding carboxylic acids is 3. The summed E-state index contributed by atoms with van der Waals surface area (Å²) in [5.74, 6) is -0.453. The van der Waals surface area contributed by atoms with Gasteiger partial charge in [0.1, 0.15) is 0 Å². The molecular formula is C20H20ClN3O3S. The van der Waals surface area contributed by atoms with Crippen LogP contribution >= 0.6 is 22.9 Å². The second-order valence-corrected chi connectivity index (χ2v) is 8.75. The van der Waals surface area contributed by atoms with Gasteiger partial charge in [0.25, 0.3) is 17.7 Å². The summed E-state index contributed by atoms with van der Waals surface area (Å²) < 4.78 is 0.513. The number of hydrogen-bond acceptors (Lipinski definition) is 5. The third-order valence-electron chi connectivity index (χ3n) is 5.26. The number of hydrogen-bond donors (Lipinski definition) is 2. The van der Waals surface area contributed by atoms with Crippen molar-refractivity contribution in [3.05, 3.63) is 50.7 Å². The van der Waals surface area contributed by atoms with E-state index in [-0.39, 0.29) is 23.3 Å². The van der Waals surface area contributed by atoms with Crippen LogP contribution < -0.4 is 10.6 Å². The fourth-order valence-corrected chi connectivity index (χ4v) is 4.68. The maximum atomic E-state index is 12.9. The first-order valence-corrected chi connectivity index (χ1v) is 10.5. The number of amides is 3. The quantitative estimate of drug-likeness (QED) is 0.728. The van der Waals surface area contributed by atoms with E-state index in [2.05, 4.69) is 10.6 Å². The average molecular weight is 418 g/mol. The highest BCUT2D eigenvalue weighted by atomic mass is 35.5. The normalized spacial score (nSPS) is 17.1. The third kappa shape index (κ3) is 3.70. The molecule has 0 atom stereocenters. The van der Waals surface area contributed by atoms with Crippen molar-refractivity contribution in [2.75, 3.05) is 25.0 Å². The van der Waals surface area contributed by atoms with Gasteiger partial charge in [-0.3, -0.25) is 19.3 Å². The van der Waals surface area contributed by atoms with Gasteiger partial charge in [0.15, 0.2) is 0 Å². The van der Waals surface area contributed by atoms with Crippen LogP contribution in [0, 0.1) is 5.92 Å². The Bertz CT molecular complexity index is 937. The Hall–Kier alpha value is -2.22. The van der Waals surface area contributed by atoms with Crippen LogP contribution in [0.4, 0.5) is 5.69 Å². The number of benzene rings is 1. The summed E-state index contributed by atoms with van der Waals surface area (Å²) >= 11 is 7.05. The zero-order valence-corrected chi connectivity index (χ0v) is 16.7. The van der Waals surface area contributed by atoms with Crippen LogP contribution in [-0.4, -0.2) is 42.3 Å². The van der Waals surface area contributed by atoms with Gasteiger partial charge in [0, 0.05) is 6.54 Å². The van der Waals surface area contributed by atoms with E-state index < -0.39 is 0 Å². The van der Waals surface area contributed by atoms with Crippen molar-refractivity contribution in [2.45, 2.75) is 19.3 Å². The van der Waals surface area contributed by atoms with Crippen LogP contribution in [0.15, 0.2) is 30.3 Å². The first-order chi connectivity index (χ1) is 13.5. The lowest BCUT2D eigenvalue weighted by Crippen LogP contribution is -2.34. The van der Waals surface area contributed by atoms with Gasteiger partial charge in [0.2, 0.25) is 0 Å². The molecular weight excluding hydrogens is 398 g/mol. The van der Waals surface area contributed by atoms with Gasteiger partial charge in [0.05, 0.1) is 26.0 Å². The minimum atomic E-state index is -0.348. The lowest BCUT2D eigenvalue weighted by Gasteiger charge is -2.24. The second-order valence-electron chi connectivity index (χ2n) is 7.03. The predicted molar refractivity (Wildman–Crippen MR) is 109 cm³/mol. The van der Waals surface area contributed by atoms with Crippen molar-refractivity contribution in [3.8, 4) is 0 Å². The first-order valence-electron chi connectivity index (χ1n) is 9.31. The average Bonchev–Trinajstić information content (AvgIpc) is 3.24. The molecule has 4 rings (SSSR count). The molecule has 2 N–H and O–H groups in total. The molecule has 1 aromatic heterocycles. The molecule has 3 heterocycles. The molecule has 8 heteroatoms. The number of fused-ring (bicyclic) bond motifs is 1. The fraction of sp³-hybridized carbons (Fsp3) is 0.350. The Morgan fingerprint density at radius 2 is 1.96 bits per heavy atom. The van der Waals surface area contributed by atoms with E-state index in [0.717, 1.165) is 43.7 Å². The molecule has 6 nitrogen and oxygen atoms in total. The number of halogens is 1.